The van der Waals surface area contributed by atoms with Crippen molar-refractivity contribution in [3.63, 3.8) is 0 Å². The van der Waals surface area contributed by atoms with E-state index in [0.29, 0.717) is 11.5 Å². The highest BCUT2D eigenvalue weighted by molar-refractivity contribution is 5.51. The highest BCUT2D eigenvalue weighted by Gasteiger charge is 2.20. The van der Waals surface area contributed by atoms with Crippen LogP contribution in [-0.2, 0) is 0 Å². The third kappa shape index (κ3) is 7.11. The van der Waals surface area contributed by atoms with Gasteiger partial charge in [0.15, 0.2) is 11.5 Å². The summed E-state index contributed by atoms with van der Waals surface area (Å²) in [6, 6.07) is 3.94. The van der Waals surface area contributed by atoms with Gasteiger partial charge in [-0.15, -0.1) is 0 Å². The van der Waals surface area contributed by atoms with Gasteiger partial charge in [-0.1, -0.05) is 0 Å². The number of hydrogen-bond acceptors (Lipinski definition) is 6. The molecule has 1 aromatic carbocycles. The zero-order valence-corrected chi connectivity index (χ0v) is 17.4. The largest absolute Gasteiger partial charge is 0.493 e. The van der Waals surface area contributed by atoms with E-state index in [0.717, 1.165) is 49.9 Å². The summed E-state index contributed by atoms with van der Waals surface area (Å²) < 4.78 is 11.2. The lowest BCUT2D eigenvalue weighted by Gasteiger charge is -2.22. The fourth-order valence-corrected chi connectivity index (χ4v) is 3.08. The van der Waals surface area contributed by atoms with Gasteiger partial charge in [-0.2, -0.15) is 0 Å². The number of methoxy groups -OCH3 is 2. The molecule has 0 saturated carbocycles. The van der Waals surface area contributed by atoms with Crippen LogP contribution in [-0.4, -0.2) is 65.3 Å². The van der Waals surface area contributed by atoms with Crippen molar-refractivity contribution in [3.8, 4) is 11.5 Å². The molecular weight excluding hydrogens is 328 g/mol. The molecule has 0 spiro atoms. The van der Waals surface area contributed by atoms with Crippen LogP contribution in [0.5, 0.6) is 11.5 Å². The fraction of sp³-hybridized carbons (Fsp3) is 0.700. The number of benzene rings is 1. The second kappa shape index (κ2) is 11.4. The molecule has 6 nitrogen and oxygen atoms in total. The Hall–Kier alpha value is -1.34. The monoisotopic (exact) mass is 366 g/mol. The summed E-state index contributed by atoms with van der Waals surface area (Å²) in [6.45, 7) is 2.04. The first-order valence-electron chi connectivity index (χ1n) is 9.36. The van der Waals surface area contributed by atoms with Crippen molar-refractivity contribution >= 4 is 0 Å². The van der Waals surface area contributed by atoms with Gasteiger partial charge in [0.2, 0.25) is 0 Å². The van der Waals surface area contributed by atoms with E-state index in [1.54, 1.807) is 14.2 Å². The van der Waals surface area contributed by atoms with Gasteiger partial charge in [-0.05, 0) is 84.7 Å². The molecule has 0 radical (unpaired) electrons. The second-order valence-electron chi connectivity index (χ2n) is 7.45. The normalized spacial score (nSPS) is 13.9. The molecule has 1 rings (SSSR count). The van der Waals surface area contributed by atoms with Crippen molar-refractivity contribution in [2.45, 2.75) is 37.8 Å². The first-order chi connectivity index (χ1) is 12.3. The molecule has 2 unspecified atom stereocenters. The van der Waals surface area contributed by atoms with Crippen molar-refractivity contribution in [3.05, 3.63) is 23.3 Å². The maximum absolute atomic E-state index is 6.49. The van der Waals surface area contributed by atoms with Crippen LogP contribution in [0.1, 0.15) is 48.9 Å². The molecule has 26 heavy (non-hydrogen) atoms. The molecule has 0 heterocycles. The van der Waals surface area contributed by atoms with Crippen molar-refractivity contribution in [1.29, 1.82) is 0 Å². The maximum Gasteiger partial charge on any atom is 0.165 e. The lowest BCUT2D eigenvalue weighted by Crippen LogP contribution is -2.19. The van der Waals surface area contributed by atoms with Crippen LogP contribution in [0.15, 0.2) is 12.1 Å². The smallest absolute Gasteiger partial charge is 0.165 e. The van der Waals surface area contributed by atoms with E-state index < -0.39 is 0 Å². The second-order valence-corrected chi connectivity index (χ2v) is 7.45. The van der Waals surface area contributed by atoms with Crippen LogP contribution in [0.25, 0.3) is 0 Å². The van der Waals surface area contributed by atoms with Crippen LogP contribution in [0, 0.1) is 0 Å². The highest BCUT2D eigenvalue weighted by atomic mass is 16.5. The van der Waals surface area contributed by atoms with E-state index in [1.807, 2.05) is 6.07 Å². The number of nitrogens with two attached hydrogens (primary N) is 2. The van der Waals surface area contributed by atoms with Crippen LogP contribution in [0.3, 0.4) is 0 Å². The Morgan fingerprint density at radius 1 is 0.846 bits per heavy atom. The summed E-state index contributed by atoms with van der Waals surface area (Å²) in [5, 5.41) is 0. The summed E-state index contributed by atoms with van der Waals surface area (Å²) in [6.07, 6.45) is 3.88. The minimum Gasteiger partial charge on any atom is -0.493 e. The Morgan fingerprint density at radius 3 is 1.85 bits per heavy atom. The third-order valence-corrected chi connectivity index (χ3v) is 4.60. The number of ether oxygens (including phenoxy) is 2. The van der Waals surface area contributed by atoms with E-state index in [9.17, 15) is 0 Å². The van der Waals surface area contributed by atoms with Gasteiger partial charge in [0.1, 0.15) is 0 Å². The standard InChI is InChI=1S/C20H38N4O2/c1-23(2)11-7-9-17(21)15-13-16(18(22)10-8-12-24(3)4)20(26-6)19(14-15)25-5/h13-14,17-18H,7-12,21-22H2,1-6H3. The number of nitrogens with zero attached hydrogens (tertiary/aromatic N) is 2. The molecule has 0 aliphatic rings. The van der Waals surface area contributed by atoms with Gasteiger partial charge < -0.3 is 30.7 Å². The summed E-state index contributed by atoms with van der Waals surface area (Å²) in [4.78, 5) is 4.34. The van der Waals surface area contributed by atoms with E-state index in [4.69, 9.17) is 20.9 Å². The highest BCUT2D eigenvalue weighted by Crippen LogP contribution is 2.38. The lowest BCUT2D eigenvalue weighted by atomic mass is 9.94. The molecule has 0 bridgehead atoms. The van der Waals surface area contributed by atoms with Gasteiger partial charge in [-0.3, -0.25) is 0 Å². The Labute approximate surface area is 159 Å². The maximum atomic E-state index is 6.49. The molecule has 4 N–H and O–H groups in total. The lowest BCUT2D eigenvalue weighted by molar-refractivity contribution is 0.344. The SMILES string of the molecule is COc1cc(C(N)CCCN(C)C)cc(C(N)CCCN(C)C)c1OC. The average molecular weight is 367 g/mol. The van der Waals surface area contributed by atoms with E-state index in [1.165, 1.54) is 0 Å². The topological polar surface area (TPSA) is 77.0 Å². The third-order valence-electron chi connectivity index (χ3n) is 4.60. The molecule has 1 aromatic rings. The molecule has 0 aromatic heterocycles. The van der Waals surface area contributed by atoms with Crippen LogP contribution in [0.2, 0.25) is 0 Å². The van der Waals surface area contributed by atoms with Crippen LogP contribution in [0.4, 0.5) is 0 Å². The van der Waals surface area contributed by atoms with E-state index in [2.05, 4.69) is 44.1 Å². The van der Waals surface area contributed by atoms with Crippen molar-refractivity contribution < 1.29 is 9.47 Å². The molecule has 2 atom stereocenters. The average Bonchev–Trinajstić information content (AvgIpc) is 2.59. The molecule has 0 saturated heterocycles. The van der Waals surface area contributed by atoms with E-state index >= 15 is 0 Å². The first kappa shape index (κ1) is 22.7. The van der Waals surface area contributed by atoms with Crippen molar-refractivity contribution in [2.24, 2.45) is 11.5 Å². The Bertz CT molecular complexity index is 535. The zero-order chi connectivity index (χ0) is 19.7. The van der Waals surface area contributed by atoms with Gasteiger partial charge in [-0.25, -0.2) is 0 Å². The van der Waals surface area contributed by atoms with Gasteiger partial charge in [0.25, 0.3) is 0 Å². The minimum absolute atomic E-state index is 0.0394. The van der Waals surface area contributed by atoms with Crippen molar-refractivity contribution in [2.75, 3.05) is 55.5 Å². The predicted octanol–water partition coefficient (Wildman–Crippen LogP) is 2.39. The van der Waals surface area contributed by atoms with Crippen LogP contribution < -0.4 is 20.9 Å². The van der Waals surface area contributed by atoms with Gasteiger partial charge in [0.05, 0.1) is 14.2 Å². The number of hydrogen-bond donors (Lipinski definition) is 2. The fourth-order valence-electron chi connectivity index (χ4n) is 3.08. The van der Waals surface area contributed by atoms with Crippen LogP contribution >= 0.6 is 0 Å². The molecule has 0 aliphatic heterocycles. The van der Waals surface area contributed by atoms with E-state index in [-0.39, 0.29) is 12.1 Å². The Morgan fingerprint density at radius 2 is 1.38 bits per heavy atom. The molecular formula is C20H38N4O2. The molecule has 150 valence electrons. The molecule has 0 amide bonds. The minimum atomic E-state index is -0.104. The predicted molar refractivity (Wildman–Crippen MR) is 109 cm³/mol. The quantitative estimate of drug-likeness (QED) is 0.591. The summed E-state index contributed by atoms with van der Waals surface area (Å²) in [7, 11) is 11.6. The zero-order valence-electron chi connectivity index (χ0n) is 17.4. The summed E-state index contributed by atoms with van der Waals surface area (Å²) >= 11 is 0. The molecule has 0 aliphatic carbocycles. The van der Waals surface area contributed by atoms with Crippen molar-refractivity contribution in [1.82, 2.24) is 9.80 Å². The Balaban J connectivity index is 2.99. The molecule has 0 fully saturated rings. The van der Waals surface area contributed by atoms with Gasteiger partial charge in [0, 0.05) is 17.6 Å². The summed E-state index contributed by atoms with van der Waals surface area (Å²) in [5.41, 5.74) is 15.0. The Kier molecular flexibility index (Phi) is 9.94. The molecule has 6 heteroatoms. The first-order valence-corrected chi connectivity index (χ1v) is 9.36. The van der Waals surface area contributed by atoms with Gasteiger partial charge >= 0.3 is 0 Å². The summed E-state index contributed by atoms with van der Waals surface area (Å²) in [5.74, 6) is 1.42. The number of rotatable bonds is 12.